The highest BCUT2D eigenvalue weighted by Crippen LogP contribution is 2.27. The molecule has 1 aromatic heterocycles. The van der Waals surface area contributed by atoms with E-state index in [1.165, 1.54) is 12.1 Å². The Morgan fingerprint density at radius 2 is 1.64 bits per heavy atom. The van der Waals surface area contributed by atoms with E-state index in [9.17, 15) is 19.7 Å². The molecule has 0 radical (unpaired) electrons. The van der Waals surface area contributed by atoms with Crippen molar-refractivity contribution in [1.29, 1.82) is 0 Å². The van der Waals surface area contributed by atoms with E-state index in [-0.39, 0.29) is 24.0 Å². The predicted octanol–water partition coefficient (Wildman–Crippen LogP) is 4.77. The lowest BCUT2D eigenvalue weighted by Gasteiger charge is -2.09. The average molecular weight is 485 g/mol. The van der Waals surface area contributed by atoms with Crippen LogP contribution < -0.4 is 16.0 Å². The van der Waals surface area contributed by atoms with Crippen LogP contribution in [0.3, 0.4) is 0 Å². The number of urea groups is 1. The van der Waals surface area contributed by atoms with Crippen LogP contribution in [-0.4, -0.2) is 33.2 Å². The van der Waals surface area contributed by atoms with Crippen LogP contribution in [0.5, 0.6) is 0 Å². The lowest BCUT2D eigenvalue weighted by molar-refractivity contribution is -0.384. The summed E-state index contributed by atoms with van der Waals surface area (Å²) in [5.74, 6) is -0.277. The second-order valence-corrected chi connectivity index (χ2v) is 7.88. The number of carbonyl (C=O) groups excluding carboxylic acids is 2. The first-order chi connectivity index (χ1) is 17.4. The largest absolute Gasteiger partial charge is 0.338 e. The first kappa shape index (κ1) is 24.1. The van der Waals surface area contributed by atoms with Crippen molar-refractivity contribution >= 4 is 29.0 Å². The molecule has 0 unspecified atom stereocenters. The highest BCUT2D eigenvalue weighted by atomic mass is 16.6. The Hall–Kier alpha value is -4.99. The number of nitrogens with one attached hydrogen (secondary N) is 3. The second kappa shape index (κ2) is 11.0. The summed E-state index contributed by atoms with van der Waals surface area (Å²) < 4.78 is 1.68. The van der Waals surface area contributed by atoms with Crippen molar-refractivity contribution in [2.24, 2.45) is 0 Å². The summed E-state index contributed by atoms with van der Waals surface area (Å²) in [6, 6.07) is 22.0. The van der Waals surface area contributed by atoms with E-state index < -0.39 is 4.92 Å². The number of non-ortho nitro benzene ring substituents is 1. The molecule has 182 valence electrons. The molecule has 10 heteroatoms. The first-order valence-corrected chi connectivity index (χ1v) is 11.3. The van der Waals surface area contributed by atoms with E-state index >= 15 is 0 Å². The Balaban J connectivity index is 1.57. The minimum atomic E-state index is -0.463. The van der Waals surface area contributed by atoms with Crippen LogP contribution in [0.1, 0.15) is 12.5 Å². The third-order valence-corrected chi connectivity index (χ3v) is 5.25. The molecule has 4 aromatic rings. The Labute approximate surface area is 207 Å². The summed E-state index contributed by atoms with van der Waals surface area (Å²) in [7, 11) is 0. The van der Waals surface area contributed by atoms with Gasteiger partial charge in [-0.15, -0.1) is 0 Å². The molecule has 0 saturated carbocycles. The number of carbonyl (C=O) groups is 2. The van der Waals surface area contributed by atoms with Gasteiger partial charge in [0, 0.05) is 47.4 Å². The summed E-state index contributed by atoms with van der Waals surface area (Å²) in [6.45, 7) is 2.32. The summed E-state index contributed by atoms with van der Waals surface area (Å²) >= 11 is 0. The van der Waals surface area contributed by atoms with Gasteiger partial charge in [0.15, 0.2) is 0 Å². The van der Waals surface area contributed by atoms with Crippen LogP contribution in [-0.2, 0) is 11.2 Å². The number of rotatable bonds is 8. The Bertz CT molecular complexity index is 1380. The Kier molecular flexibility index (Phi) is 7.35. The number of anilines is 2. The van der Waals surface area contributed by atoms with Crippen LogP contribution in [0.25, 0.3) is 16.9 Å². The lowest BCUT2D eigenvalue weighted by Crippen LogP contribution is -2.28. The minimum Gasteiger partial charge on any atom is -0.338 e. The van der Waals surface area contributed by atoms with E-state index in [2.05, 4.69) is 21.0 Å². The smallest absolute Gasteiger partial charge is 0.319 e. The number of benzene rings is 3. The second-order valence-electron chi connectivity index (χ2n) is 7.88. The SMILES string of the molecule is CCNC(=O)Nc1cccc(NC(=O)Cc2cn(-c3ccccc3)nc2-c2ccc([N+](=O)[O-])cc2)c1. The maximum atomic E-state index is 13.0. The van der Waals surface area contributed by atoms with Crippen LogP contribution in [0, 0.1) is 10.1 Å². The monoisotopic (exact) mass is 484 g/mol. The number of nitro benzene ring substituents is 1. The van der Waals surface area contributed by atoms with Gasteiger partial charge in [0.1, 0.15) is 0 Å². The average Bonchev–Trinajstić information content (AvgIpc) is 3.28. The third kappa shape index (κ3) is 5.92. The van der Waals surface area contributed by atoms with E-state index in [1.54, 1.807) is 47.3 Å². The number of hydrogen-bond acceptors (Lipinski definition) is 5. The van der Waals surface area contributed by atoms with Gasteiger partial charge < -0.3 is 16.0 Å². The summed E-state index contributed by atoms with van der Waals surface area (Å²) in [6.07, 6.45) is 1.80. The zero-order valence-electron chi connectivity index (χ0n) is 19.5. The van der Waals surface area contributed by atoms with Gasteiger partial charge in [0.2, 0.25) is 5.91 Å². The minimum absolute atomic E-state index is 0.0210. The number of nitrogens with zero attached hydrogens (tertiary/aromatic N) is 3. The standard InChI is InChI=1S/C26H24N6O4/c1-2-27-26(34)29-21-8-6-7-20(16-21)28-24(33)15-19-17-31(22-9-4-3-5-10-22)30-25(19)18-11-13-23(14-12-18)32(35)36/h3-14,16-17H,2,15H2,1H3,(H,28,33)(H2,27,29,34). The molecule has 0 aliphatic carbocycles. The first-order valence-electron chi connectivity index (χ1n) is 11.3. The van der Waals surface area contributed by atoms with Crippen LogP contribution >= 0.6 is 0 Å². The predicted molar refractivity (Wildman–Crippen MR) is 137 cm³/mol. The molecule has 3 N–H and O–H groups in total. The lowest BCUT2D eigenvalue weighted by atomic mass is 10.1. The highest BCUT2D eigenvalue weighted by molar-refractivity contribution is 5.95. The maximum Gasteiger partial charge on any atom is 0.319 e. The number of para-hydroxylation sites is 1. The van der Waals surface area contributed by atoms with E-state index in [1.807, 2.05) is 37.3 Å². The number of hydrogen-bond donors (Lipinski definition) is 3. The molecule has 10 nitrogen and oxygen atoms in total. The molecule has 0 fully saturated rings. The van der Waals surface area contributed by atoms with Gasteiger partial charge >= 0.3 is 6.03 Å². The van der Waals surface area contributed by atoms with Crippen LogP contribution in [0.4, 0.5) is 21.9 Å². The molecule has 0 aliphatic rings. The number of nitro groups is 1. The maximum absolute atomic E-state index is 13.0. The van der Waals surface area contributed by atoms with Crippen LogP contribution in [0.2, 0.25) is 0 Å². The number of amides is 3. The number of aromatic nitrogens is 2. The van der Waals surface area contributed by atoms with Gasteiger partial charge in [-0.3, -0.25) is 14.9 Å². The van der Waals surface area contributed by atoms with Crippen LogP contribution in [0.15, 0.2) is 85.1 Å². The molecule has 0 aliphatic heterocycles. The highest BCUT2D eigenvalue weighted by Gasteiger charge is 2.17. The molecular formula is C26H24N6O4. The molecule has 0 saturated heterocycles. The Morgan fingerprint density at radius 1 is 0.944 bits per heavy atom. The summed E-state index contributed by atoms with van der Waals surface area (Å²) in [5.41, 5.74) is 3.73. The van der Waals surface area contributed by atoms with Crippen molar-refractivity contribution in [2.75, 3.05) is 17.2 Å². The fraction of sp³-hybridized carbons (Fsp3) is 0.115. The third-order valence-electron chi connectivity index (χ3n) is 5.25. The van der Waals surface area contributed by atoms with Gasteiger partial charge in [0.05, 0.1) is 22.7 Å². The normalized spacial score (nSPS) is 10.5. The molecular weight excluding hydrogens is 460 g/mol. The zero-order valence-corrected chi connectivity index (χ0v) is 19.5. The van der Waals surface area contributed by atoms with Crippen molar-refractivity contribution in [2.45, 2.75) is 13.3 Å². The van der Waals surface area contributed by atoms with Gasteiger partial charge in [-0.1, -0.05) is 24.3 Å². The molecule has 3 aromatic carbocycles. The van der Waals surface area contributed by atoms with Gasteiger partial charge in [-0.2, -0.15) is 5.10 Å². The van der Waals surface area contributed by atoms with Crippen molar-refractivity contribution in [3.05, 3.63) is 101 Å². The summed E-state index contributed by atoms with van der Waals surface area (Å²) in [5, 5.41) is 23.9. The zero-order chi connectivity index (χ0) is 25.5. The topological polar surface area (TPSA) is 131 Å². The Morgan fingerprint density at radius 3 is 2.31 bits per heavy atom. The molecule has 0 atom stereocenters. The quantitative estimate of drug-likeness (QED) is 0.245. The fourth-order valence-corrected chi connectivity index (χ4v) is 3.62. The van der Waals surface area contributed by atoms with Crippen molar-refractivity contribution < 1.29 is 14.5 Å². The van der Waals surface area contributed by atoms with Crippen molar-refractivity contribution in [3.8, 4) is 16.9 Å². The van der Waals surface area contributed by atoms with Crippen molar-refractivity contribution in [1.82, 2.24) is 15.1 Å². The molecule has 36 heavy (non-hydrogen) atoms. The van der Waals surface area contributed by atoms with Gasteiger partial charge in [0.25, 0.3) is 5.69 Å². The molecule has 4 rings (SSSR count). The molecule has 0 spiro atoms. The van der Waals surface area contributed by atoms with E-state index in [0.717, 1.165) is 5.69 Å². The van der Waals surface area contributed by atoms with E-state index in [4.69, 9.17) is 0 Å². The van der Waals surface area contributed by atoms with Gasteiger partial charge in [-0.25, -0.2) is 9.48 Å². The fourth-order valence-electron chi connectivity index (χ4n) is 3.62. The molecule has 1 heterocycles. The molecule has 0 bridgehead atoms. The molecule has 3 amide bonds. The summed E-state index contributed by atoms with van der Waals surface area (Å²) in [4.78, 5) is 35.3. The van der Waals surface area contributed by atoms with Crippen molar-refractivity contribution in [3.63, 3.8) is 0 Å². The van der Waals surface area contributed by atoms with Gasteiger partial charge in [-0.05, 0) is 49.4 Å². The van der Waals surface area contributed by atoms with E-state index in [0.29, 0.717) is 34.7 Å².